The van der Waals surface area contributed by atoms with Crippen LogP contribution in [0.15, 0.2) is 0 Å². The number of methoxy groups -OCH3 is 1. The van der Waals surface area contributed by atoms with Gasteiger partial charge in [0.25, 0.3) is 0 Å². The summed E-state index contributed by atoms with van der Waals surface area (Å²) in [5.74, 6) is -1.31. The maximum Gasteiger partial charge on any atom is 0.407 e. The first-order valence-corrected chi connectivity index (χ1v) is 8.11. The van der Waals surface area contributed by atoms with Crippen molar-refractivity contribution in [3.63, 3.8) is 0 Å². The van der Waals surface area contributed by atoms with Gasteiger partial charge in [0.05, 0.1) is 31.1 Å². The smallest absolute Gasteiger partial charge is 0.407 e. The van der Waals surface area contributed by atoms with Gasteiger partial charge in [-0.2, -0.15) is 0 Å². The van der Waals surface area contributed by atoms with E-state index in [1.54, 1.807) is 20.8 Å². The van der Waals surface area contributed by atoms with Crippen molar-refractivity contribution in [2.45, 2.75) is 38.8 Å². The van der Waals surface area contributed by atoms with E-state index in [4.69, 9.17) is 4.74 Å². The highest BCUT2D eigenvalue weighted by atomic mass is 32.2. The normalized spacial score (nSPS) is 25.0. The van der Waals surface area contributed by atoms with Crippen LogP contribution in [0.3, 0.4) is 0 Å². The highest BCUT2D eigenvalue weighted by molar-refractivity contribution is 7.91. The third kappa shape index (κ3) is 5.36. The van der Waals surface area contributed by atoms with Gasteiger partial charge in [0, 0.05) is 5.92 Å². The highest BCUT2D eigenvalue weighted by Gasteiger charge is 2.40. The molecule has 8 heteroatoms. The van der Waals surface area contributed by atoms with Gasteiger partial charge in [-0.1, -0.05) is 0 Å². The lowest BCUT2D eigenvalue weighted by atomic mass is 10.0. The number of ether oxygens (including phenoxy) is 2. The Labute approximate surface area is 118 Å². The fourth-order valence-electron chi connectivity index (χ4n) is 2.04. The van der Waals surface area contributed by atoms with Crippen molar-refractivity contribution in [3.8, 4) is 0 Å². The number of esters is 1. The average Bonchev–Trinajstić information content (AvgIpc) is 2.49. The highest BCUT2D eigenvalue weighted by Crippen LogP contribution is 2.23. The summed E-state index contributed by atoms with van der Waals surface area (Å²) in [4.78, 5) is 23.0. The summed E-state index contributed by atoms with van der Waals surface area (Å²) in [5, 5.41) is 2.52. The van der Waals surface area contributed by atoms with Crippen molar-refractivity contribution in [3.05, 3.63) is 0 Å². The van der Waals surface area contributed by atoms with Crippen molar-refractivity contribution in [2.75, 3.05) is 18.6 Å². The van der Waals surface area contributed by atoms with Gasteiger partial charge in [-0.15, -0.1) is 0 Å². The Hall–Kier alpha value is -1.31. The molecule has 0 spiro atoms. The Morgan fingerprint density at radius 3 is 2.35 bits per heavy atom. The topological polar surface area (TPSA) is 98.8 Å². The van der Waals surface area contributed by atoms with Crippen LogP contribution in [0.25, 0.3) is 0 Å². The van der Waals surface area contributed by atoms with Gasteiger partial charge < -0.3 is 14.8 Å². The number of sulfone groups is 1. The molecule has 1 rings (SSSR count). The minimum absolute atomic E-state index is 0.0454. The van der Waals surface area contributed by atoms with Crippen molar-refractivity contribution in [2.24, 2.45) is 5.92 Å². The van der Waals surface area contributed by atoms with Gasteiger partial charge in [-0.05, 0) is 20.8 Å². The molecule has 0 bridgehead atoms. The zero-order valence-corrected chi connectivity index (χ0v) is 13.0. The molecule has 1 heterocycles. The zero-order chi connectivity index (χ0) is 15.6. The fraction of sp³-hybridized carbons (Fsp3) is 0.833. The number of amides is 1. The number of rotatable bonds is 3. The molecule has 0 aromatic rings. The van der Waals surface area contributed by atoms with Crippen LogP contribution in [0.4, 0.5) is 4.79 Å². The first-order chi connectivity index (χ1) is 9.02. The molecule has 1 fully saturated rings. The summed E-state index contributed by atoms with van der Waals surface area (Å²) in [6.45, 7) is 5.14. The standard InChI is InChI=1S/C12H21NO6S/c1-12(2,3)19-11(15)13-9-7-20(16,17)6-8(9)5-10(14)18-4/h8-9H,5-7H2,1-4H3,(H,13,15)/t8-,9-/m1/s1. The Bertz CT molecular complexity index is 479. The summed E-state index contributed by atoms with van der Waals surface area (Å²) in [5.41, 5.74) is -0.667. The molecule has 7 nitrogen and oxygen atoms in total. The molecule has 0 radical (unpaired) electrons. The predicted molar refractivity (Wildman–Crippen MR) is 71.9 cm³/mol. The molecule has 0 aromatic carbocycles. The van der Waals surface area contributed by atoms with Crippen LogP contribution in [-0.2, 0) is 24.1 Å². The van der Waals surface area contributed by atoms with E-state index in [1.165, 1.54) is 7.11 Å². The second-order valence-corrected chi connectivity index (χ2v) is 8.02. The second-order valence-electron chi connectivity index (χ2n) is 5.87. The lowest BCUT2D eigenvalue weighted by Gasteiger charge is -2.23. The van der Waals surface area contributed by atoms with E-state index in [2.05, 4.69) is 10.1 Å². The number of hydrogen-bond acceptors (Lipinski definition) is 6. The number of nitrogens with one attached hydrogen (secondary N) is 1. The van der Waals surface area contributed by atoms with E-state index in [-0.39, 0.29) is 17.9 Å². The SMILES string of the molecule is COC(=O)C[C@@H]1CS(=O)(=O)C[C@H]1NC(=O)OC(C)(C)C. The van der Waals surface area contributed by atoms with Crippen molar-refractivity contribution in [1.82, 2.24) is 5.32 Å². The maximum absolute atomic E-state index is 11.7. The molecule has 0 saturated carbocycles. The molecular weight excluding hydrogens is 286 g/mol. The molecule has 0 aromatic heterocycles. The third-order valence-corrected chi connectivity index (χ3v) is 4.63. The Kier molecular flexibility index (Phi) is 5.01. The van der Waals surface area contributed by atoms with E-state index in [1.807, 2.05) is 0 Å². The predicted octanol–water partition coefficient (Wildman–Crippen LogP) is 0.487. The minimum Gasteiger partial charge on any atom is -0.469 e. The second kappa shape index (κ2) is 5.99. The third-order valence-electron chi connectivity index (χ3n) is 2.83. The lowest BCUT2D eigenvalue weighted by molar-refractivity contribution is -0.141. The maximum atomic E-state index is 11.7. The zero-order valence-electron chi connectivity index (χ0n) is 12.1. The van der Waals surface area contributed by atoms with E-state index < -0.39 is 39.5 Å². The monoisotopic (exact) mass is 307 g/mol. The molecule has 1 amide bonds. The lowest BCUT2D eigenvalue weighted by Crippen LogP contribution is -2.43. The van der Waals surface area contributed by atoms with Crippen molar-refractivity contribution < 1.29 is 27.5 Å². The van der Waals surface area contributed by atoms with Crippen molar-refractivity contribution >= 4 is 21.9 Å². The number of hydrogen-bond donors (Lipinski definition) is 1. The van der Waals surface area contributed by atoms with Crippen LogP contribution in [0.5, 0.6) is 0 Å². The molecule has 2 atom stereocenters. The van der Waals surface area contributed by atoms with Gasteiger partial charge in [-0.3, -0.25) is 4.79 Å². The molecule has 1 aliphatic heterocycles. The number of alkyl carbamates (subject to hydrolysis) is 1. The van der Waals surface area contributed by atoms with E-state index in [0.29, 0.717) is 0 Å². The first-order valence-electron chi connectivity index (χ1n) is 6.29. The van der Waals surface area contributed by atoms with Gasteiger partial charge in [-0.25, -0.2) is 13.2 Å². The largest absolute Gasteiger partial charge is 0.469 e. The van der Waals surface area contributed by atoms with Crippen LogP contribution in [0, 0.1) is 5.92 Å². The van der Waals surface area contributed by atoms with Crippen LogP contribution in [-0.4, -0.2) is 50.7 Å². The van der Waals surface area contributed by atoms with Crippen LogP contribution in [0.1, 0.15) is 27.2 Å². The molecule has 1 N–H and O–H groups in total. The molecule has 116 valence electrons. The van der Waals surface area contributed by atoms with E-state index in [0.717, 1.165) is 0 Å². The Morgan fingerprint density at radius 1 is 1.25 bits per heavy atom. The summed E-state index contributed by atoms with van der Waals surface area (Å²) >= 11 is 0. The molecule has 1 saturated heterocycles. The number of carbonyl (C=O) groups is 2. The van der Waals surface area contributed by atoms with Crippen LogP contribution >= 0.6 is 0 Å². The van der Waals surface area contributed by atoms with E-state index >= 15 is 0 Å². The quantitative estimate of drug-likeness (QED) is 0.762. The minimum atomic E-state index is -3.27. The summed E-state index contributed by atoms with van der Waals surface area (Å²) in [6.07, 6.45) is -0.731. The fourth-order valence-corrected chi connectivity index (χ4v) is 4.08. The molecule has 0 unspecified atom stereocenters. The van der Waals surface area contributed by atoms with Gasteiger partial charge >= 0.3 is 12.1 Å². The van der Waals surface area contributed by atoms with Gasteiger partial charge in [0.1, 0.15) is 5.60 Å². The molecule has 0 aliphatic carbocycles. The molecule has 1 aliphatic rings. The average molecular weight is 307 g/mol. The summed E-state index contributed by atoms with van der Waals surface area (Å²) in [7, 11) is -2.03. The van der Waals surface area contributed by atoms with Crippen LogP contribution in [0.2, 0.25) is 0 Å². The van der Waals surface area contributed by atoms with Gasteiger partial charge in [0.15, 0.2) is 9.84 Å². The molecule has 20 heavy (non-hydrogen) atoms. The summed E-state index contributed by atoms with van der Waals surface area (Å²) < 4.78 is 32.9. The number of carbonyl (C=O) groups excluding carboxylic acids is 2. The van der Waals surface area contributed by atoms with Crippen molar-refractivity contribution in [1.29, 1.82) is 0 Å². The Morgan fingerprint density at radius 2 is 1.85 bits per heavy atom. The summed E-state index contributed by atoms with van der Waals surface area (Å²) in [6, 6.07) is -0.631. The first kappa shape index (κ1) is 16.7. The Balaban J connectivity index is 2.70. The van der Waals surface area contributed by atoms with Gasteiger partial charge in [0.2, 0.25) is 0 Å². The molecular formula is C12H21NO6S. The van der Waals surface area contributed by atoms with E-state index in [9.17, 15) is 18.0 Å². The van der Waals surface area contributed by atoms with Crippen LogP contribution < -0.4 is 5.32 Å².